The summed E-state index contributed by atoms with van der Waals surface area (Å²) >= 11 is 0. The van der Waals surface area contributed by atoms with E-state index >= 15 is 0 Å². The molecule has 2 rings (SSSR count). The van der Waals surface area contributed by atoms with Gasteiger partial charge in [0.05, 0.1) is 13.0 Å². The van der Waals surface area contributed by atoms with Gasteiger partial charge in [0.2, 0.25) is 0 Å². The molecular weight excluding hydrogens is 292 g/mol. The topological polar surface area (TPSA) is 49.9 Å². The molecule has 5 heteroatoms. The van der Waals surface area contributed by atoms with E-state index in [0.29, 0.717) is 18.7 Å². The zero-order chi connectivity index (χ0) is 16.8. The van der Waals surface area contributed by atoms with Crippen molar-refractivity contribution in [2.45, 2.75) is 38.6 Å². The van der Waals surface area contributed by atoms with Gasteiger partial charge in [0.25, 0.3) is 5.91 Å². The predicted molar refractivity (Wildman–Crippen MR) is 90.7 cm³/mol. The second-order valence-electron chi connectivity index (χ2n) is 6.10. The van der Waals surface area contributed by atoms with Gasteiger partial charge in [-0.25, -0.2) is 0 Å². The molecule has 1 amide bonds. The highest BCUT2D eigenvalue weighted by molar-refractivity contribution is 5.95. The molecule has 1 aromatic carbocycles. The number of ether oxygens (including phenoxy) is 1. The largest absolute Gasteiger partial charge is 0.466 e. The highest BCUT2D eigenvalue weighted by Crippen LogP contribution is 2.24. The summed E-state index contributed by atoms with van der Waals surface area (Å²) in [5.41, 5.74) is 1.67. The van der Waals surface area contributed by atoms with Crippen LogP contribution in [0.15, 0.2) is 24.3 Å². The van der Waals surface area contributed by atoms with Gasteiger partial charge in [-0.15, -0.1) is 0 Å². The third-order valence-corrected chi connectivity index (χ3v) is 4.21. The van der Waals surface area contributed by atoms with Crippen LogP contribution >= 0.6 is 0 Å². The highest BCUT2D eigenvalue weighted by atomic mass is 16.5. The lowest BCUT2D eigenvalue weighted by Gasteiger charge is -2.35. The van der Waals surface area contributed by atoms with E-state index in [-0.39, 0.29) is 24.3 Å². The number of carbonyl (C=O) groups is 2. The second kappa shape index (κ2) is 7.99. The van der Waals surface area contributed by atoms with Crippen LogP contribution in [0.25, 0.3) is 0 Å². The first-order valence-corrected chi connectivity index (χ1v) is 8.27. The molecule has 0 spiro atoms. The van der Waals surface area contributed by atoms with Crippen molar-refractivity contribution in [1.29, 1.82) is 0 Å². The van der Waals surface area contributed by atoms with E-state index in [1.807, 2.05) is 48.2 Å². The molecular formula is C18H26N2O3. The van der Waals surface area contributed by atoms with Crippen LogP contribution < -0.4 is 4.90 Å². The van der Waals surface area contributed by atoms with Gasteiger partial charge in [-0.3, -0.25) is 9.59 Å². The van der Waals surface area contributed by atoms with Crippen molar-refractivity contribution in [3.8, 4) is 0 Å². The number of piperidine rings is 1. The molecule has 1 fully saturated rings. The minimum atomic E-state index is -0.223. The Morgan fingerprint density at radius 2 is 2.09 bits per heavy atom. The van der Waals surface area contributed by atoms with Crippen molar-refractivity contribution in [3.63, 3.8) is 0 Å². The summed E-state index contributed by atoms with van der Waals surface area (Å²) in [5, 5.41) is 0. The van der Waals surface area contributed by atoms with Crippen molar-refractivity contribution in [1.82, 2.24) is 4.90 Å². The average Bonchev–Trinajstić information content (AvgIpc) is 2.55. The maximum Gasteiger partial charge on any atom is 0.307 e. The molecule has 1 aliphatic rings. The number of amides is 1. The highest BCUT2D eigenvalue weighted by Gasteiger charge is 2.29. The van der Waals surface area contributed by atoms with Crippen LogP contribution in [-0.4, -0.2) is 50.1 Å². The number of nitrogens with zero attached hydrogens (tertiary/aromatic N) is 2. The summed E-state index contributed by atoms with van der Waals surface area (Å²) < 4.78 is 5.05. The second-order valence-corrected chi connectivity index (χ2v) is 6.10. The summed E-state index contributed by atoms with van der Waals surface area (Å²) in [6.07, 6.45) is 3.18. The van der Waals surface area contributed by atoms with Crippen LogP contribution in [0.1, 0.15) is 43.0 Å². The lowest BCUT2D eigenvalue weighted by atomic mass is 9.98. The van der Waals surface area contributed by atoms with Gasteiger partial charge in [0, 0.05) is 37.9 Å². The van der Waals surface area contributed by atoms with Crippen LogP contribution in [0.4, 0.5) is 5.69 Å². The first-order chi connectivity index (χ1) is 11.0. The van der Waals surface area contributed by atoms with Gasteiger partial charge in [-0.1, -0.05) is 6.07 Å². The van der Waals surface area contributed by atoms with Crippen LogP contribution in [-0.2, 0) is 9.53 Å². The molecule has 1 aliphatic heterocycles. The number of benzene rings is 1. The fourth-order valence-corrected chi connectivity index (χ4v) is 2.98. The summed E-state index contributed by atoms with van der Waals surface area (Å²) in [6, 6.07) is 7.55. The van der Waals surface area contributed by atoms with Gasteiger partial charge in [0.1, 0.15) is 0 Å². The Morgan fingerprint density at radius 1 is 1.30 bits per heavy atom. The fourth-order valence-electron chi connectivity index (χ4n) is 2.98. The lowest BCUT2D eigenvalue weighted by molar-refractivity contribution is -0.144. The van der Waals surface area contributed by atoms with E-state index in [4.69, 9.17) is 4.74 Å². The molecule has 0 unspecified atom stereocenters. The van der Waals surface area contributed by atoms with Crippen LogP contribution in [0, 0.1) is 0 Å². The zero-order valence-electron chi connectivity index (χ0n) is 14.2. The Bertz CT molecular complexity index is 557. The Kier molecular flexibility index (Phi) is 6.02. The van der Waals surface area contributed by atoms with Crippen molar-refractivity contribution in [2.75, 3.05) is 32.1 Å². The van der Waals surface area contributed by atoms with Gasteiger partial charge in [0.15, 0.2) is 0 Å². The maximum atomic E-state index is 12.9. The van der Waals surface area contributed by atoms with Gasteiger partial charge in [-0.05, 0) is 44.4 Å². The van der Waals surface area contributed by atoms with Crippen molar-refractivity contribution < 1.29 is 14.3 Å². The number of hydrogen-bond donors (Lipinski definition) is 0. The number of hydrogen-bond acceptors (Lipinski definition) is 4. The average molecular weight is 318 g/mol. The predicted octanol–water partition coefficient (Wildman–Crippen LogP) is 2.70. The summed E-state index contributed by atoms with van der Waals surface area (Å²) in [6.45, 7) is 2.88. The third-order valence-electron chi connectivity index (χ3n) is 4.21. The Labute approximate surface area is 138 Å². The normalized spacial score (nSPS) is 17.7. The van der Waals surface area contributed by atoms with Gasteiger partial charge >= 0.3 is 5.97 Å². The molecule has 1 aromatic rings. The first kappa shape index (κ1) is 17.3. The minimum absolute atomic E-state index is 0.00250. The molecule has 126 valence electrons. The van der Waals surface area contributed by atoms with Crippen molar-refractivity contribution in [3.05, 3.63) is 29.8 Å². The third kappa shape index (κ3) is 4.47. The number of rotatable bonds is 5. The number of likely N-dealkylation sites (tertiary alicyclic amines) is 1. The molecule has 0 radical (unpaired) electrons. The van der Waals surface area contributed by atoms with E-state index in [9.17, 15) is 9.59 Å². The fraction of sp³-hybridized carbons (Fsp3) is 0.556. The zero-order valence-corrected chi connectivity index (χ0v) is 14.2. The van der Waals surface area contributed by atoms with Gasteiger partial charge in [-0.2, -0.15) is 0 Å². The Morgan fingerprint density at radius 3 is 2.78 bits per heavy atom. The molecule has 1 saturated heterocycles. The van der Waals surface area contributed by atoms with Gasteiger partial charge < -0.3 is 14.5 Å². The number of anilines is 1. The van der Waals surface area contributed by atoms with Crippen molar-refractivity contribution >= 4 is 17.6 Å². The molecule has 0 saturated carbocycles. The summed E-state index contributed by atoms with van der Waals surface area (Å²) in [5.74, 6) is -0.220. The van der Waals surface area contributed by atoms with Crippen LogP contribution in [0.5, 0.6) is 0 Å². The first-order valence-electron chi connectivity index (χ1n) is 8.27. The smallest absolute Gasteiger partial charge is 0.307 e. The summed E-state index contributed by atoms with van der Waals surface area (Å²) in [7, 11) is 3.90. The van der Waals surface area contributed by atoms with Crippen molar-refractivity contribution in [2.24, 2.45) is 0 Å². The molecule has 0 aliphatic carbocycles. The molecule has 0 bridgehead atoms. The number of carbonyl (C=O) groups excluding carboxylic acids is 2. The SMILES string of the molecule is CCOC(=O)C[C@H]1CCCCN1C(=O)c1cccc(N(C)C)c1. The molecule has 0 N–H and O–H groups in total. The van der Waals surface area contributed by atoms with Crippen LogP contribution in [0.2, 0.25) is 0 Å². The quantitative estimate of drug-likeness (QED) is 0.783. The van der Waals surface area contributed by atoms with E-state index in [2.05, 4.69) is 0 Å². The molecule has 23 heavy (non-hydrogen) atoms. The van der Waals surface area contributed by atoms with E-state index in [1.165, 1.54) is 0 Å². The molecule has 0 aromatic heterocycles. The van der Waals surface area contributed by atoms with Crippen LogP contribution in [0.3, 0.4) is 0 Å². The standard InChI is InChI=1S/C18H26N2O3/c1-4-23-17(21)13-16-9-5-6-11-20(16)18(22)14-8-7-10-15(12-14)19(2)3/h7-8,10,12,16H,4-6,9,11,13H2,1-3H3/t16-/m1/s1. The minimum Gasteiger partial charge on any atom is -0.466 e. The monoisotopic (exact) mass is 318 g/mol. The van der Waals surface area contributed by atoms with E-state index in [1.54, 1.807) is 6.92 Å². The maximum absolute atomic E-state index is 12.9. The van der Waals surface area contributed by atoms with E-state index < -0.39 is 0 Å². The number of esters is 1. The molecule has 1 atom stereocenters. The van der Waals surface area contributed by atoms with E-state index in [0.717, 1.165) is 24.9 Å². The Hall–Kier alpha value is -2.04. The molecule has 5 nitrogen and oxygen atoms in total. The summed E-state index contributed by atoms with van der Waals surface area (Å²) in [4.78, 5) is 28.5. The Balaban J connectivity index is 2.14. The molecule has 1 heterocycles. The lowest BCUT2D eigenvalue weighted by Crippen LogP contribution is -2.45.